The van der Waals surface area contributed by atoms with Gasteiger partial charge in [0, 0.05) is 17.7 Å². The number of nitrogens with zero attached hydrogens (tertiary/aromatic N) is 2. The second-order valence-corrected chi connectivity index (χ2v) is 7.73. The number of aromatic nitrogens is 2. The zero-order valence-electron chi connectivity index (χ0n) is 15.6. The van der Waals surface area contributed by atoms with Crippen molar-refractivity contribution in [3.63, 3.8) is 0 Å². The summed E-state index contributed by atoms with van der Waals surface area (Å²) in [5, 5.41) is 12.3. The highest BCUT2D eigenvalue weighted by atomic mass is 32.2. The zero-order valence-corrected chi connectivity index (χ0v) is 16.4. The van der Waals surface area contributed by atoms with E-state index in [0.717, 1.165) is 5.56 Å². The third-order valence-corrected chi connectivity index (χ3v) is 4.80. The van der Waals surface area contributed by atoms with Crippen molar-refractivity contribution in [2.75, 3.05) is 22.8 Å². The molecule has 0 aliphatic rings. The summed E-state index contributed by atoms with van der Waals surface area (Å²) in [6.45, 7) is 1.74. The summed E-state index contributed by atoms with van der Waals surface area (Å²) in [6, 6.07) is 16.7. The Bertz CT molecular complexity index is 1060. The van der Waals surface area contributed by atoms with Crippen LogP contribution in [-0.4, -0.2) is 40.7 Å². The molecule has 2 aromatic carbocycles. The number of anilines is 3. The van der Waals surface area contributed by atoms with E-state index in [9.17, 15) is 13.5 Å². The van der Waals surface area contributed by atoms with Gasteiger partial charge in [0.25, 0.3) is 10.1 Å². The van der Waals surface area contributed by atoms with Gasteiger partial charge in [0.1, 0.15) is 0 Å². The maximum Gasteiger partial charge on any atom is 0.294 e. The van der Waals surface area contributed by atoms with Crippen LogP contribution in [0.5, 0.6) is 0 Å². The molecule has 0 saturated heterocycles. The Hall–Kier alpha value is -3.21. The van der Waals surface area contributed by atoms with Gasteiger partial charge in [0.05, 0.1) is 22.9 Å². The van der Waals surface area contributed by atoms with Crippen LogP contribution in [0.4, 0.5) is 17.5 Å². The summed E-state index contributed by atoms with van der Waals surface area (Å²) < 4.78 is 31.3. The summed E-state index contributed by atoms with van der Waals surface area (Å²) >= 11 is 0. The Labute approximate surface area is 168 Å². The molecule has 1 heterocycles. The van der Waals surface area contributed by atoms with Gasteiger partial charge in [0.15, 0.2) is 5.82 Å². The Morgan fingerprint density at radius 2 is 1.69 bits per heavy atom. The van der Waals surface area contributed by atoms with E-state index >= 15 is 0 Å². The quantitative estimate of drug-likeness (QED) is 0.278. The van der Waals surface area contributed by atoms with Crippen LogP contribution in [0.15, 0.2) is 65.6 Å². The molecule has 3 aromatic rings. The van der Waals surface area contributed by atoms with E-state index in [-0.39, 0.29) is 17.5 Å². The van der Waals surface area contributed by atoms with E-state index in [2.05, 4.69) is 26.1 Å². The highest BCUT2D eigenvalue weighted by Crippen LogP contribution is 2.22. The fraction of sp³-hybridized carbons (Fsp3) is 0.158. The third-order valence-electron chi connectivity index (χ3n) is 3.93. The van der Waals surface area contributed by atoms with Crippen molar-refractivity contribution >= 4 is 27.6 Å². The lowest BCUT2D eigenvalue weighted by atomic mass is 10.1. The third kappa shape index (κ3) is 5.64. The topological polar surface area (TPSA) is 136 Å². The van der Waals surface area contributed by atoms with E-state index < -0.39 is 10.1 Å². The first-order chi connectivity index (χ1) is 13.8. The molecule has 0 amide bonds. The molecule has 0 bridgehead atoms. The van der Waals surface area contributed by atoms with Crippen molar-refractivity contribution in [3.05, 3.63) is 60.7 Å². The molecule has 10 heteroatoms. The minimum atomic E-state index is -4.24. The van der Waals surface area contributed by atoms with Gasteiger partial charge in [-0.15, -0.1) is 0 Å². The lowest BCUT2D eigenvalue weighted by molar-refractivity contribution is 0.281. The Morgan fingerprint density at radius 1 is 1.00 bits per heavy atom. The Kier molecular flexibility index (Phi) is 6.27. The molecule has 0 aliphatic heterocycles. The molecule has 1 aromatic heterocycles. The van der Waals surface area contributed by atoms with Gasteiger partial charge < -0.3 is 10.4 Å². The SMILES string of the molecule is C[C@H](CO)Nc1nc(NNc2ccc(S(=O)(=O)O)cc2)cc(-c2ccccc2)n1. The zero-order chi connectivity index (χ0) is 20.9. The summed E-state index contributed by atoms with van der Waals surface area (Å²) in [7, 11) is -4.24. The molecule has 29 heavy (non-hydrogen) atoms. The molecule has 9 nitrogen and oxygen atoms in total. The number of aliphatic hydroxyl groups excluding tert-OH is 1. The lowest BCUT2D eigenvalue weighted by Gasteiger charge is -2.15. The highest BCUT2D eigenvalue weighted by molar-refractivity contribution is 7.85. The molecule has 3 rings (SSSR count). The van der Waals surface area contributed by atoms with Crippen molar-refractivity contribution in [3.8, 4) is 11.3 Å². The van der Waals surface area contributed by atoms with E-state index in [1.807, 2.05) is 30.3 Å². The number of rotatable bonds is 8. The predicted molar refractivity (Wildman–Crippen MR) is 111 cm³/mol. The molecule has 0 aliphatic carbocycles. The van der Waals surface area contributed by atoms with Gasteiger partial charge in [0.2, 0.25) is 5.95 Å². The molecule has 152 valence electrons. The second-order valence-electron chi connectivity index (χ2n) is 6.31. The summed E-state index contributed by atoms with van der Waals surface area (Å²) in [6.07, 6.45) is 0. The van der Waals surface area contributed by atoms with Crippen molar-refractivity contribution in [1.29, 1.82) is 0 Å². The number of hydrogen-bond donors (Lipinski definition) is 5. The van der Waals surface area contributed by atoms with Gasteiger partial charge in [-0.2, -0.15) is 13.4 Å². The number of hydrogen-bond acceptors (Lipinski definition) is 8. The van der Waals surface area contributed by atoms with Gasteiger partial charge in [-0.05, 0) is 31.2 Å². The smallest absolute Gasteiger partial charge is 0.294 e. The average Bonchev–Trinajstić information content (AvgIpc) is 2.72. The van der Waals surface area contributed by atoms with Crippen LogP contribution >= 0.6 is 0 Å². The van der Waals surface area contributed by atoms with Crippen LogP contribution in [0.3, 0.4) is 0 Å². The molecule has 0 fully saturated rings. The van der Waals surface area contributed by atoms with Gasteiger partial charge in [-0.1, -0.05) is 30.3 Å². The van der Waals surface area contributed by atoms with Crippen molar-refractivity contribution < 1.29 is 18.1 Å². The highest BCUT2D eigenvalue weighted by Gasteiger charge is 2.10. The van der Waals surface area contributed by atoms with Crippen LogP contribution in [0.25, 0.3) is 11.3 Å². The van der Waals surface area contributed by atoms with E-state index in [0.29, 0.717) is 23.1 Å². The van der Waals surface area contributed by atoms with E-state index in [4.69, 9.17) is 4.55 Å². The van der Waals surface area contributed by atoms with Crippen LogP contribution < -0.4 is 16.2 Å². The molecule has 0 radical (unpaired) electrons. The summed E-state index contributed by atoms with van der Waals surface area (Å²) in [5.74, 6) is 0.810. The predicted octanol–water partition coefficient (Wildman–Crippen LogP) is 2.62. The van der Waals surface area contributed by atoms with Gasteiger partial charge in [-0.3, -0.25) is 15.4 Å². The largest absolute Gasteiger partial charge is 0.394 e. The monoisotopic (exact) mass is 415 g/mol. The molecule has 5 N–H and O–H groups in total. The van der Waals surface area contributed by atoms with Crippen molar-refractivity contribution in [2.24, 2.45) is 0 Å². The second kappa shape index (κ2) is 8.86. The minimum absolute atomic E-state index is 0.0694. The summed E-state index contributed by atoms with van der Waals surface area (Å²) in [4.78, 5) is 8.67. The van der Waals surface area contributed by atoms with E-state index in [1.54, 1.807) is 13.0 Å². The Morgan fingerprint density at radius 3 is 2.31 bits per heavy atom. The standard InChI is InChI=1S/C19H21N5O4S/c1-13(12-25)20-19-21-17(14-5-3-2-4-6-14)11-18(22-19)24-23-15-7-9-16(10-8-15)29(26,27)28/h2-11,13,23,25H,12H2,1H3,(H,26,27,28)(H2,20,21,22,24)/t13-/m1/s1. The molecule has 0 saturated carbocycles. The summed E-state index contributed by atoms with van der Waals surface area (Å²) in [5.41, 5.74) is 8.01. The lowest BCUT2D eigenvalue weighted by Crippen LogP contribution is -2.21. The van der Waals surface area contributed by atoms with Gasteiger partial charge >= 0.3 is 0 Å². The number of aliphatic hydroxyl groups is 1. The minimum Gasteiger partial charge on any atom is -0.394 e. The van der Waals surface area contributed by atoms with Crippen molar-refractivity contribution in [2.45, 2.75) is 17.9 Å². The van der Waals surface area contributed by atoms with E-state index in [1.165, 1.54) is 24.3 Å². The normalized spacial score (nSPS) is 12.2. The number of nitrogens with one attached hydrogen (secondary N) is 3. The molecule has 0 unspecified atom stereocenters. The molecular weight excluding hydrogens is 394 g/mol. The fourth-order valence-electron chi connectivity index (χ4n) is 2.45. The van der Waals surface area contributed by atoms with Crippen LogP contribution in [0.2, 0.25) is 0 Å². The first-order valence-corrected chi connectivity index (χ1v) is 10.2. The first-order valence-electron chi connectivity index (χ1n) is 8.76. The molecular formula is C19H21N5O4S. The van der Waals surface area contributed by atoms with Gasteiger partial charge in [-0.25, -0.2) is 4.98 Å². The number of hydrazine groups is 1. The maximum atomic E-state index is 11.1. The van der Waals surface area contributed by atoms with Crippen LogP contribution in [0, 0.1) is 0 Å². The van der Waals surface area contributed by atoms with Crippen LogP contribution in [-0.2, 0) is 10.1 Å². The molecule has 0 spiro atoms. The van der Waals surface area contributed by atoms with Crippen molar-refractivity contribution in [1.82, 2.24) is 9.97 Å². The first kappa shape index (κ1) is 20.5. The number of benzene rings is 2. The molecule has 1 atom stereocenters. The maximum absolute atomic E-state index is 11.1. The van der Waals surface area contributed by atoms with Crippen LogP contribution in [0.1, 0.15) is 6.92 Å². The average molecular weight is 415 g/mol. The Balaban J connectivity index is 1.82. The fourth-order valence-corrected chi connectivity index (χ4v) is 2.93.